The molecule has 1 heterocycles. The van der Waals surface area contributed by atoms with Gasteiger partial charge in [-0.05, 0) is 19.5 Å². The van der Waals surface area contributed by atoms with Gasteiger partial charge in [-0.2, -0.15) is 0 Å². The van der Waals surface area contributed by atoms with E-state index < -0.39 is 4.92 Å². The van der Waals surface area contributed by atoms with Crippen molar-refractivity contribution in [2.75, 3.05) is 18.9 Å². The molecule has 23 heavy (non-hydrogen) atoms. The number of pyridine rings is 1. The molecule has 0 bridgehead atoms. The van der Waals surface area contributed by atoms with E-state index in [0.717, 1.165) is 13.1 Å². The van der Waals surface area contributed by atoms with Gasteiger partial charge in [-0.1, -0.05) is 41.9 Å². The standard InChI is InChI=1S/C16H19ClN4O2/c1-12(10-20(2)11-13-6-4-3-5-7-13)19-16-15(21(22)23)8-14(17)9-18-16/h3-9,12H,10-11H2,1-2H3,(H,18,19). The summed E-state index contributed by atoms with van der Waals surface area (Å²) < 4.78 is 0. The molecular weight excluding hydrogens is 316 g/mol. The molecule has 0 spiro atoms. The van der Waals surface area contributed by atoms with Gasteiger partial charge in [0.05, 0.1) is 9.95 Å². The van der Waals surface area contributed by atoms with Crippen molar-refractivity contribution in [3.63, 3.8) is 0 Å². The van der Waals surface area contributed by atoms with E-state index in [1.807, 2.05) is 32.2 Å². The number of hydrogen-bond acceptors (Lipinski definition) is 5. The van der Waals surface area contributed by atoms with Crippen molar-refractivity contribution in [1.29, 1.82) is 0 Å². The van der Waals surface area contributed by atoms with Crippen molar-refractivity contribution in [2.45, 2.75) is 19.5 Å². The van der Waals surface area contributed by atoms with Gasteiger partial charge in [0, 0.05) is 31.4 Å². The predicted molar refractivity (Wildman–Crippen MR) is 91.8 cm³/mol. The monoisotopic (exact) mass is 334 g/mol. The van der Waals surface area contributed by atoms with Gasteiger partial charge < -0.3 is 10.2 Å². The lowest BCUT2D eigenvalue weighted by atomic mass is 10.2. The molecule has 1 unspecified atom stereocenters. The van der Waals surface area contributed by atoms with Gasteiger partial charge in [0.2, 0.25) is 5.82 Å². The van der Waals surface area contributed by atoms with Crippen LogP contribution in [0.25, 0.3) is 0 Å². The molecule has 0 saturated heterocycles. The third-order valence-corrected chi connectivity index (χ3v) is 3.50. The van der Waals surface area contributed by atoms with Crippen molar-refractivity contribution in [1.82, 2.24) is 9.88 Å². The molecular formula is C16H19ClN4O2. The van der Waals surface area contributed by atoms with Gasteiger partial charge in [0.25, 0.3) is 0 Å². The van der Waals surface area contributed by atoms with Crippen LogP contribution in [0.4, 0.5) is 11.5 Å². The molecule has 0 saturated carbocycles. The van der Waals surface area contributed by atoms with E-state index >= 15 is 0 Å². The molecule has 6 nitrogen and oxygen atoms in total. The fourth-order valence-corrected chi connectivity index (χ4v) is 2.54. The highest BCUT2D eigenvalue weighted by atomic mass is 35.5. The number of anilines is 1. The number of nitrogens with one attached hydrogen (secondary N) is 1. The maximum Gasteiger partial charge on any atom is 0.312 e. The minimum Gasteiger partial charge on any atom is -0.361 e. The van der Waals surface area contributed by atoms with E-state index in [9.17, 15) is 10.1 Å². The SMILES string of the molecule is CC(CN(C)Cc1ccccc1)Nc1ncc(Cl)cc1[N+](=O)[O-]. The predicted octanol–water partition coefficient (Wildman–Crippen LogP) is 3.58. The highest BCUT2D eigenvalue weighted by molar-refractivity contribution is 6.30. The Balaban J connectivity index is 1.97. The Bertz CT molecular complexity index is 666. The first-order valence-corrected chi connectivity index (χ1v) is 7.62. The van der Waals surface area contributed by atoms with Crippen LogP contribution < -0.4 is 5.32 Å². The lowest BCUT2D eigenvalue weighted by Crippen LogP contribution is -2.32. The zero-order chi connectivity index (χ0) is 16.8. The average molecular weight is 335 g/mol. The molecule has 1 N–H and O–H groups in total. The van der Waals surface area contributed by atoms with Crippen LogP contribution in [0, 0.1) is 10.1 Å². The van der Waals surface area contributed by atoms with E-state index in [-0.39, 0.29) is 22.6 Å². The number of benzene rings is 1. The summed E-state index contributed by atoms with van der Waals surface area (Å²) >= 11 is 5.77. The van der Waals surface area contributed by atoms with Crippen LogP contribution in [0.5, 0.6) is 0 Å². The second kappa shape index (κ2) is 7.89. The fourth-order valence-electron chi connectivity index (χ4n) is 2.39. The van der Waals surface area contributed by atoms with Crippen LogP contribution in [0.15, 0.2) is 42.6 Å². The number of aromatic nitrogens is 1. The van der Waals surface area contributed by atoms with Crippen LogP contribution in [-0.2, 0) is 6.54 Å². The third kappa shape index (κ3) is 5.19. The van der Waals surface area contributed by atoms with Crippen molar-refractivity contribution in [2.24, 2.45) is 0 Å². The van der Waals surface area contributed by atoms with Crippen molar-refractivity contribution in [3.05, 3.63) is 63.3 Å². The van der Waals surface area contributed by atoms with E-state index in [4.69, 9.17) is 11.6 Å². The number of halogens is 1. The van der Waals surface area contributed by atoms with E-state index in [2.05, 4.69) is 27.3 Å². The Morgan fingerprint density at radius 2 is 2.09 bits per heavy atom. The number of nitrogens with zero attached hydrogens (tertiary/aromatic N) is 3. The molecule has 0 aliphatic carbocycles. The van der Waals surface area contributed by atoms with Crippen LogP contribution in [0.3, 0.4) is 0 Å². The largest absolute Gasteiger partial charge is 0.361 e. The van der Waals surface area contributed by atoms with Crippen LogP contribution in [0.2, 0.25) is 5.02 Å². The minimum atomic E-state index is -0.485. The molecule has 2 rings (SSSR count). The highest BCUT2D eigenvalue weighted by Gasteiger charge is 2.18. The van der Waals surface area contributed by atoms with Gasteiger partial charge in [0.15, 0.2) is 0 Å². The number of hydrogen-bond donors (Lipinski definition) is 1. The smallest absolute Gasteiger partial charge is 0.312 e. The van der Waals surface area contributed by atoms with E-state index in [1.54, 1.807) is 0 Å². The molecule has 0 radical (unpaired) electrons. The van der Waals surface area contributed by atoms with Gasteiger partial charge in [-0.3, -0.25) is 10.1 Å². The quantitative estimate of drug-likeness (QED) is 0.619. The molecule has 7 heteroatoms. The van der Waals surface area contributed by atoms with Crippen LogP contribution >= 0.6 is 11.6 Å². The molecule has 0 aliphatic rings. The summed E-state index contributed by atoms with van der Waals surface area (Å²) in [5, 5.41) is 14.4. The number of likely N-dealkylation sites (N-methyl/N-ethyl adjacent to an activating group) is 1. The summed E-state index contributed by atoms with van der Waals surface area (Å²) in [5.41, 5.74) is 1.10. The Morgan fingerprint density at radius 1 is 1.39 bits per heavy atom. The molecule has 2 aromatic rings. The summed E-state index contributed by atoms with van der Waals surface area (Å²) in [6, 6.07) is 11.4. The van der Waals surface area contributed by atoms with E-state index in [1.165, 1.54) is 17.8 Å². The molecule has 1 atom stereocenters. The van der Waals surface area contributed by atoms with Crippen molar-refractivity contribution in [3.8, 4) is 0 Å². The molecule has 1 aromatic carbocycles. The molecule has 0 fully saturated rings. The fraction of sp³-hybridized carbons (Fsp3) is 0.312. The Morgan fingerprint density at radius 3 is 2.74 bits per heavy atom. The van der Waals surface area contributed by atoms with Crippen molar-refractivity contribution >= 4 is 23.1 Å². The summed E-state index contributed by atoms with van der Waals surface area (Å²) in [6.45, 7) is 3.49. The second-order valence-corrected chi connectivity index (χ2v) is 5.94. The normalized spacial score (nSPS) is 12.2. The Labute approximate surface area is 140 Å². The summed E-state index contributed by atoms with van der Waals surface area (Å²) in [5.74, 6) is 0.236. The number of nitro groups is 1. The number of rotatable bonds is 7. The van der Waals surface area contributed by atoms with Gasteiger partial charge in [-0.25, -0.2) is 4.98 Å². The highest BCUT2D eigenvalue weighted by Crippen LogP contribution is 2.25. The van der Waals surface area contributed by atoms with Crippen LogP contribution in [-0.4, -0.2) is 34.4 Å². The molecule has 122 valence electrons. The maximum absolute atomic E-state index is 11.1. The van der Waals surface area contributed by atoms with Gasteiger partial charge >= 0.3 is 5.69 Å². The molecule has 0 aliphatic heterocycles. The lowest BCUT2D eigenvalue weighted by molar-refractivity contribution is -0.384. The summed E-state index contributed by atoms with van der Waals surface area (Å²) in [6.07, 6.45) is 1.40. The van der Waals surface area contributed by atoms with E-state index in [0.29, 0.717) is 0 Å². The summed E-state index contributed by atoms with van der Waals surface area (Å²) in [7, 11) is 2.01. The zero-order valence-corrected chi connectivity index (χ0v) is 13.8. The summed E-state index contributed by atoms with van der Waals surface area (Å²) in [4.78, 5) is 16.8. The van der Waals surface area contributed by atoms with Crippen LogP contribution in [0.1, 0.15) is 12.5 Å². The van der Waals surface area contributed by atoms with Gasteiger partial charge in [-0.15, -0.1) is 0 Å². The Kier molecular flexibility index (Phi) is 5.90. The third-order valence-electron chi connectivity index (χ3n) is 3.29. The van der Waals surface area contributed by atoms with Gasteiger partial charge in [0.1, 0.15) is 0 Å². The molecule has 1 aromatic heterocycles. The second-order valence-electron chi connectivity index (χ2n) is 5.51. The zero-order valence-electron chi connectivity index (χ0n) is 13.1. The first kappa shape index (κ1) is 17.2. The van der Waals surface area contributed by atoms with Crippen molar-refractivity contribution < 1.29 is 4.92 Å². The topological polar surface area (TPSA) is 71.3 Å². The Hall–Kier alpha value is -2.18. The lowest BCUT2D eigenvalue weighted by Gasteiger charge is -2.22. The molecule has 0 amide bonds. The first-order chi connectivity index (χ1) is 11.0. The minimum absolute atomic E-state index is 0.00362. The average Bonchev–Trinajstić information content (AvgIpc) is 2.49. The first-order valence-electron chi connectivity index (χ1n) is 7.24. The maximum atomic E-state index is 11.1.